The molecule has 0 aliphatic heterocycles. The van der Waals surface area contributed by atoms with Crippen LogP contribution in [0, 0.1) is 0 Å². The van der Waals surface area contributed by atoms with Gasteiger partial charge in [0.25, 0.3) is 0 Å². The van der Waals surface area contributed by atoms with Crippen molar-refractivity contribution in [2.24, 2.45) is 0 Å². The van der Waals surface area contributed by atoms with Crippen LogP contribution >= 0.6 is 0 Å². The van der Waals surface area contributed by atoms with Gasteiger partial charge in [0.15, 0.2) is 0 Å². The van der Waals surface area contributed by atoms with Crippen LogP contribution in [0.25, 0.3) is 11.1 Å². The van der Waals surface area contributed by atoms with Crippen LogP contribution in [0.5, 0.6) is 5.75 Å². The summed E-state index contributed by atoms with van der Waals surface area (Å²) in [4.78, 5) is 0. The van der Waals surface area contributed by atoms with Crippen molar-refractivity contribution in [1.82, 2.24) is 0 Å². The van der Waals surface area contributed by atoms with Crippen LogP contribution in [-0.2, 0) is 0 Å². The predicted octanol–water partition coefficient (Wildman–Crippen LogP) is 4.07. The van der Waals surface area contributed by atoms with Crippen LogP contribution in [0.4, 0.5) is 5.69 Å². The van der Waals surface area contributed by atoms with Gasteiger partial charge in [-0.15, -0.1) is 0 Å². The quantitative estimate of drug-likeness (QED) is 0.822. The number of rotatable bonds is 3. The Labute approximate surface area is 108 Å². The number of nitrogen functional groups attached to an aromatic ring is 1. The summed E-state index contributed by atoms with van der Waals surface area (Å²) in [7, 11) is 1.66. The number of methoxy groups -OCH3 is 1. The summed E-state index contributed by atoms with van der Waals surface area (Å²) < 4.78 is 5.25. The zero-order chi connectivity index (χ0) is 13.1. The van der Waals surface area contributed by atoms with E-state index in [1.807, 2.05) is 18.2 Å². The molecule has 18 heavy (non-hydrogen) atoms. The summed E-state index contributed by atoms with van der Waals surface area (Å²) >= 11 is 0. The molecule has 0 fully saturated rings. The first kappa shape index (κ1) is 12.5. The average molecular weight is 241 g/mol. The molecule has 0 saturated carbocycles. The van der Waals surface area contributed by atoms with Crippen LogP contribution in [0.15, 0.2) is 42.5 Å². The van der Waals surface area contributed by atoms with E-state index in [0.717, 1.165) is 17.0 Å². The summed E-state index contributed by atoms with van der Waals surface area (Å²) in [5, 5.41) is 0. The van der Waals surface area contributed by atoms with Gasteiger partial charge in [0.05, 0.1) is 7.11 Å². The van der Waals surface area contributed by atoms with Crippen molar-refractivity contribution in [1.29, 1.82) is 0 Å². The normalized spacial score (nSPS) is 10.7. The molecule has 0 radical (unpaired) electrons. The number of nitrogens with two attached hydrogens (primary N) is 1. The maximum Gasteiger partial charge on any atom is 0.121 e. The Morgan fingerprint density at radius 3 is 2.44 bits per heavy atom. The zero-order valence-electron chi connectivity index (χ0n) is 11.1. The van der Waals surface area contributed by atoms with Gasteiger partial charge in [-0.3, -0.25) is 0 Å². The molecule has 0 aromatic heterocycles. The minimum Gasteiger partial charge on any atom is -0.497 e. The van der Waals surface area contributed by atoms with Gasteiger partial charge in [-0.25, -0.2) is 0 Å². The lowest BCUT2D eigenvalue weighted by Gasteiger charge is -2.10. The first-order chi connectivity index (χ1) is 8.60. The third-order valence-corrected chi connectivity index (χ3v) is 3.05. The van der Waals surface area contributed by atoms with Crippen LogP contribution < -0.4 is 10.5 Å². The topological polar surface area (TPSA) is 35.2 Å². The van der Waals surface area contributed by atoms with E-state index in [9.17, 15) is 0 Å². The molecule has 0 unspecified atom stereocenters. The summed E-state index contributed by atoms with van der Waals surface area (Å²) in [5.74, 6) is 1.31. The van der Waals surface area contributed by atoms with Crippen molar-refractivity contribution in [3.8, 4) is 16.9 Å². The predicted molar refractivity (Wildman–Crippen MR) is 76.9 cm³/mol. The molecule has 0 atom stereocenters. The van der Waals surface area contributed by atoms with Crippen LogP contribution in [0.1, 0.15) is 25.3 Å². The van der Waals surface area contributed by atoms with E-state index in [0.29, 0.717) is 5.92 Å². The first-order valence-electron chi connectivity index (χ1n) is 6.15. The fourth-order valence-corrected chi connectivity index (χ4v) is 1.98. The highest BCUT2D eigenvalue weighted by atomic mass is 16.5. The van der Waals surface area contributed by atoms with Crippen molar-refractivity contribution < 1.29 is 4.74 Å². The van der Waals surface area contributed by atoms with Gasteiger partial charge in [-0.05, 0) is 34.7 Å². The number of hydrogen-bond acceptors (Lipinski definition) is 2. The largest absolute Gasteiger partial charge is 0.497 e. The standard InChI is InChI=1S/C16H19NO/c1-11(2)12-5-4-6-13(7-12)14-8-15(17)10-16(9-14)18-3/h4-11H,17H2,1-3H3. The molecule has 0 amide bonds. The molecule has 2 aromatic rings. The highest BCUT2D eigenvalue weighted by molar-refractivity contribution is 5.70. The van der Waals surface area contributed by atoms with E-state index in [4.69, 9.17) is 10.5 Å². The zero-order valence-corrected chi connectivity index (χ0v) is 11.1. The molecule has 0 saturated heterocycles. The van der Waals surface area contributed by atoms with Crippen molar-refractivity contribution in [2.75, 3.05) is 12.8 Å². The molecule has 0 bridgehead atoms. The molecule has 2 N–H and O–H groups in total. The second-order valence-electron chi connectivity index (χ2n) is 4.78. The highest BCUT2D eigenvalue weighted by Crippen LogP contribution is 2.29. The molecular weight excluding hydrogens is 222 g/mol. The van der Waals surface area contributed by atoms with Crippen molar-refractivity contribution in [2.45, 2.75) is 19.8 Å². The molecular formula is C16H19NO. The molecule has 2 nitrogen and oxygen atoms in total. The first-order valence-corrected chi connectivity index (χ1v) is 6.15. The number of anilines is 1. The lowest BCUT2D eigenvalue weighted by Crippen LogP contribution is -1.91. The second kappa shape index (κ2) is 5.13. The summed E-state index contributed by atoms with van der Waals surface area (Å²) in [6.45, 7) is 4.39. The monoisotopic (exact) mass is 241 g/mol. The Morgan fingerprint density at radius 2 is 1.78 bits per heavy atom. The lowest BCUT2D eigenvalue weighted by molar-refractivity contribution is 0.415. The fourth-order valence-electron chi connectivity index (χ4n) is 1.98. The second-order valence-corrected chi connectivity index (χ2v) is 4.78. The van der Waals surface area contributed by atoms with Gasteiger partial charge in [-0.1, -0.05) is 38.1 Å². The molecule has 0 spiro atoms. The van der Waals surface area contributed by atoms with Gasteiger partial charge in [0.2, 0.25) is 0 Å². The Hall–Kier alpha value is -1.96. The third kappa shape index (κ3) is 2.65. The third-order valence-electron chi connectivity index (χ3n) is 3.05. The van der Waals surface area contributed by atoms with E-state index in [1.54, 1.807) is 7.11 Å². The summed E-state index contributed by atoms with van der Waals surface area (Å²) in [6.07, 6.45) is 0. The maximum absolute atomic E-state index is 5.89. The molecule has 2 aromatic carbocycles. The number of benzene rings is 2. The number of ether oxygens (including phenoxy) is 1. The van der Waals surface area contributed by atoms with Gasteiger partial charge in [0.1, 0.15) is 5.75 Å². The van der Waals surface area contributed by atoms with Crippen molar-refractivity contribution in [3.05, 3.63) is 48.0 Å². The molecule has 0 aliphatic carbocycles. The summed E-state index contributed by atoms with van der Waals surface area (Å²) in [5.41, 5.74) is 10.2. The Bertz CT molecular complexity index is 547. The van der Waals surface area contributed by atoms with E-state index in [-0.39, 0.29) is 0 Å². The highest BCUT2D eigenvalue weighted by Gasteiger charge is 2.05. The Morgan fingerprint density at radius 1 is 1.00 bits per heavy atom. The molecule has 2 heteroatoms. The van der Waals surface area contributed by atoms with Gasteiger partial charge in [0, 0.05) is 11.8 Å². The van der Waals surface area contributed by atoms with E-state index < -0.39 is 0 Å². The van der Waals surface area contributed by atoms with E-state index in [2.05, 4.69) is 38.1 Å². The molecule has 94 valence electrons. The van der Waals surface area contributed by atoms with E-state index in [1.165, 1.54) is 11.1 Å². The Balaban J connectivity index is 2.47. The number of hydrogen-bond donors (Lipinski definition) is 1. The van der Waals surface area contributed by atoms with Crippen LogP contribution in [0.3, 0.4) is 0 Å². The average Bonchev–Trinajstić information content (AvgIpc) is 2.38. The summed E-state index contributed by atoms with van der Waals surface area (Å²) in [6, 6.07) is 14.4. The van der Waals surface area contributed by atoms with Crippen molar-refractivity contribution >= 4 is 5.69 Å². The van der Waals surface area contributed by atoms with Crippen molar-refractivity contribution in [3.63, 3.8) is 0 Å². The maximum atomic E-state index is 5.89. The lowest BCUT2D eigenvalue weighted by atomic mass is 9.97. The minimum atomic E-state index is 0.521. The van der Waals surface area contributed by atoms with Crippen LogP contribution in [0.2, 0.25) is 0 Å². The van der Waals surface area contributed by atoms with E-state index >= 15 is 0 Å². The van der Waals surface area contributed by atoms with Gasteiger partial charge in [-0.2, -0.15) is 0 Å². The van der Waals surface area contributed by atoms with Gasteiger partial charge < -0.3 is 10.5 Å². The van der Waals surface area contributed by atoms with Gasteiger partial charge >= 0.3 is 0 Å². The molecule has 0 aliphatic rings. The minimum absolute atomic E-state index is 0.521. The fraction of sp³-hybridized carbons (Fsp3) is 0.250. The smallest absolute Gasteiger partial charge is 0.121 e. The SMILES string of the molecule is COc1cc(N)cc(-c2cccc(C(C)C)c2)c1. The Kier molecular flexibility index (Phi) is 3.56. The molecule has 2 rings (SSSR count). The molecule has 0 heterocycles. The van der Waals surface area contributed by atoms with Crippen LogP contribution in [-0.4, -0.2) is 7.11 Å².